The molecule has 2 atom stereocenters. The lowest BCUT2D eigenvalue weighted by atomic mass is 9.94. The maximum absolute atomic E-state index is 13.3. The number of urea groups is 1. The number of piperidine rings is 1. The van der Waals surface area contributed by atoms with E-state index >= 15 is 0 Å². The molecule has 0 saturated carbocycles. The van der Waals surface area contributed by atoms with Crippen LogP contribution >= 0.6 is 0 Å². The van der Waals surface area contributed by atoms with Gasteiger partial charge in [0, 0.05) is 18.7 Å². The van der Waals surface area contributed by atoms with E-state index in [2.05, 4.69) is 19.2 Å². The van der Waals surface area contributed by atoms with Crippen LogP contribution < -0.4 is 10.1 Å². The minimum Gasteiger partial charge on any atom is -0.492 e. The van der Waals surface area contributed by atoms with Gasteiger partial charge in [0.25, 0.3) is 0 Å². The lowest BCUT2D eigenvalue weighted by molar-refractivity contribution is 0.150. The Morgan fingerprint density at radius 2 is 2.24 bits per heavy atom. The molecule has 2 amide bonds. The summed E-state index contributed by atoms with van der Waals surface area (Å²) >= 11 is 0. The zero-order chi connectivity index (χ0) is 15.4. The first-order chi connectivity index (χ1) is 10.0. The lowest BCUT2D eigenvalue weighted by Gasteiger charge is -2.36. The first-order valence-corrected chi connectivity index (χ1v) is 7.51. The maximum atomic E-state index is 13.3. The molecule has 5 heteroatoms. The Morgan fingerprint density at radius 3 is 2.90 bits per heavy atom. The van der Waals surface area contributed by atoms with Crippen molar-refractivity contribution in [3.05, 3.63) is 24.0 Å². The van der Waals surface area contributed by atoms with Crippen molar-refractivity contribution in [2.45, 2.75) is 39.7 Å². The number of halogens is 1. The second kappa shape index (κ2) is 6.78. The molecule has 116 valence electrons. The summed E-state index contributed by atoms with van der Waals surface area (Å²) in [6.07, 6.45) is 2.02. The number of benzene rings is 1. The van der Waals surface area contributed by atoms with Gasteiger partial charge >= 0.3 is 6.03 Å². The summed E-state index contributed by atoms with van der Waals surface area (Å²) in [6, 6.07) is 4.21. The van der Waals surface area contributed by atoms with E-state index in [-0.39, 0.29) is 17.9 Å². The Hall–Kier alpha value is -1.78. The Balaban J connectivity index is 2.09. The van der Waals surface area contributed by atoms with Gasteiger partial charge in [-0.15, -0.1) is 0 Å². The summed E-state index contributed by atoms with van der Waals surface area (Å²) < 4.78 is 18.6. The van der Waals surface area contributed by atoms with Crippen molar-refractivity contribution in [1.82, 2.24) is 4.90 Å². The van der Waals surface area contributed by atoms with Gasteiger partial charge in [0.1, 0.15) is 11.6 Å². The van der Waals surface area contributed by atoms with Crippen LogP contribution in [0.4, 0.5) is 14.9 Å². The van der Waals surface area contributed by atoms with E-state index in [1.54, 1.807) is 0 Å². The molecule has 0 radical (unpaired) electrons. The third kappa shape index (κ3) is 3.86. The van der Waals surface area contributed by atoms with E-state index in [0.29, 0.717) is 24.0 Å². The van der Waals surface area contributed by atoms with Crippen LogP contribution in [-0.4, -0.2) is 30.1 Å². The second-order valence-electron chi connectivity index (χ2n) is 5.68. The zero-order valence-corrected chi connectivity index (χ0v) is 12.9. The van der Waals surface area contributed by atoms with Gasteiger partial charge in [-0.25, -0.2) is 9.18 Å². The van der Waals surface area contributed by atoms with Crippen molar-refractivity contribution in [3.8, 4) is 5.75 Å². The monoisotopic (exact) mass is 294 g/mol. The Labute approximate surface area is 125 Å². The Kier molecular flexibility index (Phi) is 5.04. The minimum atomic E-state index is -0.378. The molecule has 0 spiro atoms. The van der Waals surface area contributed by atoms with Crippen LogP contribution in [0.3, 0.4) is 0 Å². The van der Waals surface area contributed by atoms with Crippen molar-refractivity contribution in [2.24, 2.45) is 5.92 Å². The van der Waals surface area contributed by atoms with Gasteiger partial charge in [-0.05, 0) is 44.7 Å². The summed E-state index contributed by atoms with van der Waals surface area (Å²) in [7, 11) is 0. The fourth-order valence-corrected chi connectivity index (χ4v) is 2.77. The van der Waals surface area contributed by atoms with Gasteiger partial charge in [0.05, 0.1) is 12.3 Å². The van der Waals surface area contributed by atoms with Crippen LogP contribution in [0.5, 0.6) is 5.75 Å². The summed E-state index contributed by atoms with van der Waals surface area (Å²) in [5, 5.41) is 2.83. The smallest absolute Gasteiger partial charge is 0.322 e. The molecule has 4 nitrogen and oxygen atoms in total. The molecular formula is C16H23FN2O2. The maximum Gasteiger partial charge on any atom is 0.322 e. The molecule has 0 bridgehead atoms. The zero-order valence-electron chi connectivity index (χ0n) is 12.9. The number of nitrogens with zero attached hydrogens (tertiary/aromatic N) is 1. The first-order valence-electron chi connectivity index (χ1n) is 7.51. The SMILES string of the molecule is CCOc1cc(F)ccc1NC(=O)N1CC[C@@H](C)C[C@H]1C. The number of anilines is 1. The van der Waals surface area contributed by atoms with Crippen LogP contribution in [0.15, 0.2) is 18.2 Å². The van der Waals surface area contributed by atoms with E-state index in [1.807, 2.05) is 11.8 Å². The molecule has 0 aliphatic carbocycles. The van der Waals surface area contributed by atoms with Gasteiger partial charge in [-0.3, -0.25) is 0 Å². The van der Waals surface area contributed by atoms with Gasteiger partial charge in [0.2, 0.25) is 0 Å². The van der Waals surface area contributed by atoms with E-state index in [9.17, 15) is 9.18 Å². The van der Waals surface area contributed by atoms with Crippen molar-refractivity contribution in [1.29, 1.82) is 0 Å². The normalized spacial score (nSPS) is 22.0. The Morgan fingerprint density at radius 1 is 1.48 bits per heavy atom. The van der Waals surface area contributed by atoms with Crippen molar-refractivity contribution in [3.63, 3.8) is 0 Å². The number of amides is 2. The van der Waals surface area contributed by atoms with Gasteiger partial charge in [0.15, 0.2) is 0 Å². The molecule has 21 heavy (non-hydrogen) atoms. The highest BCUT2D eigenvalue weighted by Crippen LogP contribution is 2.27. The van der Waals surface area contributed by atoms with Gasteiger partial charge < -0.3 is 15.0 Å². The molecule has 1 aliphatic rings. The molecule has 1 N–H and O–H groups in total. The quantitative estimate of drug-likeness (QED) is 0.919. The van der Waals surface area contributed by atoms with E-state index in [4.69, 9.17) is 4.74 Å². The van der Waals surface area contributed by atoms with Crippen molar-refractivity contribution < 1.29 is 13.9 Å². The van der Waals surface area contributed by atoms with Crippen molar-refractivity contribution in [2.75, 3.05) is 18.5 Å². The number of carbonyl (C=O) groups excluding carboxylic acids is 1. The number of likely N-dealkylation sites (tertiary alicyclic amines) is 1. The lowest BCUT2D eigenvalue weighted by Crippen LogP contribution is -2.46. The predicted octanol–water partition coefficient (Wildman–Crippen LogP) is 3.88. The summed E-state index contributed by atoms with van der Waals surface area (Å²) in [4.78, 5) is 14.2. The van der Waals surface area contributed by atoms with Crippen LogP contribution in [0, 0.1) is 11.7 Å². The van der Waals surface area contributed by atoms with E-state index in [0.717, 1.165) is 19.4 Å². The van der Waals surface area contributed by atoms with Crippen LogP contribution in [0.1, 0.15) is 33.6 Å². The molecule has 2 rings (SSSR count). The van der Waals surface area contributed by atoms with Gasteiger partial charge in [-0.2, -0.15) is 0 Å². The third-order valence-electron chi connectivity index (χ3n) is 3.88. The number of hydrogen-bond donors (Lipinski definition) is 1. The molecule has 1 heterocycles. The highest BCUT2D eigenvalue weighted by Gasteiger charge is 2.27. The average Bonchev–Trinajstić information content (AvgIpc) is 2.42. The molecule has 1 saturated heterocycles. The summed E-state index contributed by atoms with van der Waals surface area (Å²) in [5.74, 6) is 0.634. The molecule has 1 fully saturated rings. The Bertz CT molecular complexity index is 507. The first kappa shape index (κ1) is 15.6. The fourth-order valence-electron chi connectivity index (χ4n) is 2.77. The number of hydrogen-bond acceptors (Lipinski definition) is 2. The highest BCUT2D eigenvalue weighted by molar-refractivity contribution is 5.91. The summed E-state index contributed by atoms with van der Waals surface area (Å²) in [5.41, 5.74) is 0.508. The van der Waals surface area contributed by atoms with Crippen LogP contribution in [0.2, 0.25) is 0 Å². The molecule has 1 aromatic carbocycles. The number of ether oxygens (including phenoxy) is 1. The summed E-state index contributed by atoms with van der Waals surface area (Å²) in [6.45, 7) is 7.26. The van der Waals surface area contributed by atoms with Crippen LogP contribution in [-0.2, 0) is 0 Å². The standard InChI is InChI=1S/C16H23FN2O2/c1-4-21-15-10-13(17)5-6-14(15)18-16(20)19-8-7-11(2)9-12(19)3/h5-6,10-12H,4,7-9H2,1-3H3,(H,18,20)/t11-,12-/m1/s1. The minimum absolute atomic E-state index is 0.151. The second-order valence-corrected chi connectivity index (χ2v) is 5.68. The van der Waals surface area contributed by atoms with Gasteiger partial charge in [-0.1, -0.05) is 6.92 Å². The third-order valence-corrected chi connectivity index (χ3v) is 3.88. The topological polar surface area (TPSA) is 41.6 Å². The van der Waals surface area contributed by atoms with Crippen LogP contribution in [0.25, 0.3) is 0 Å². The number of carbonyl (C=O) groups is 1. The average molecular weight is 294 g/mol. The highest BCUT2D eigenvalue weighted by atomic mass is 19.1. The molecule has 0 aromatic heterocycles. The predicted molar refractivity (Wildman–Crippen MR) is 81.2 cm³/mol. The largest absolute Gasteiger partial charge is 0.492 e. The van der Waals surface area contributed by atoms with E-state index < -0.39 is 0 Å². The van der Waals surface area contributed by atoms with E-state index in [1.165, 1.54) is 18.2 Å². The number of rotatable bonds is 3. The van der Waals surface area contributed by atoms with Crippen molar-refractivity contribution >= 4 is 11.7 Å². The fraction of sp³-hybridized carbons (Fsp3) is 0.562. The molecule has 0 unspecified atom stereocenters. The number of nitrogens with one attached hydrogen (secondary N) is 1. The molecular weight excluding hydrogens is 271 g/mol. The molecule has 1 aromatic rings. The molecule has 1 aliphatic heterocycles.